The van der Waals surface area contributed by atoms with E-state index in [1.165, 1.54) is 7.11 Å². The first-order valence-corrected chi connectivity index (χ1v) is 9.31. The quantitative estimate of drug-likeness (QED) is 0.621. The maximum atomic E-state index is 12.7. The van der Waals surface area contributed by atoms with Gasteiger partial charge in [-0.05, 0) is 37.6 Å². The second-order valence-electron chi connectivity index (χ2n) is 5.38. The summed E-state index contributed by atoms with van der Waals surface area (Å²) in [6, 6.07) is 6.16. The first-order chi connectivity index (χ1) is 11.4. The number of carbonyl (C=O) groups excluding carboxylic acids is 1. The van der Waals surface area contributed by atoms with Crippen molar-refractivity contribution in [2.45, 2.75) is 31.7 Å². The number of anilines is 1. The zero-order chi connectivity index (χ0) is 17.7. The molecule has 0 amide bonds. The van der Waals surface area contributed by atoms with Crippen LogP contribution in [0.3, 0.4) is 0 Å². The smallest absolute Gasteiger partial charge is 0.313 e. The number of hydrazine groups is 1. The van der Waals surface area contributed by atoms with Gasteiger partial charge in [0.25, 0.3) is 10.0 Å². The summed E-state index contributed by atoms with van der Waals surface area (Å²) in [6.07, 6.45) is 0.588. The van der Waals surface area contributed by atoms with Gasteiger partial charge in [-0.15, -0.1) is 0 Å². The molecule has 0 radical (unpaired) electrons. The van der Waals surface area contributed by atoms with Gasteiger partial charge < -0.3 is 9.47 Å². The van der Waals surface area contributed by atoms with Crippen LogP contribution < -0.4 is 20.3 Å². The van der Waals surface area contributed by atoms with Gasteiger partial charge in [-0.2, -0.15) is 0 Å². The molecular formula is C15H23N3O5S. The summed E-state index contributed by atoms with van der Waals surface area (Å²) in [5.74, 6) is -0.744. The second-order valence-corrected chi connectivity index (χ2v) is 7.18. The molecule has 1 aliphatic heterocycles. The van der Waals surface area contributed by atoms with Crippen LogP contribution in [0.4, 0.5) is 5.69 Å². The number of esters is 1. The van der Waals surface area contributed by atoms with E-state index >= 15 is 0 Å². The Kier molecular flexibility index (Phi) is 6.03. The molecule has 3 unspecified atom stereocenters. The number of ether oxygens (including phenoxy) is 2. The van der Waals surface area contributed by atoms with E-state index in [1.54, 1.807) is 31.2 Å². The van der Waals surface area contributed by atoms with Gasteiger partial charge in [0.05, 0.1) is 13.7 Å². The fourth-order valence-corrected chi connectivity index (χ4v) is 4.12. The third-order valence-electron chi connectivity index (χ3n) is 3.85. The minimum absolute atomic E-state index is 0.199. The lowest BCUT2D eigenvalue weighted by Crippen LogP contribution is -2.44. The molecule has 3 N–H and O–H groups in total. The van der Waals surface area contributed by atoms with E-state index in [1.807, 2.05) is 6.92 Å². The summed E-state index contributed by atoms with van der Waals surface area (Å²) in [5.41, 5.74) is 5.96. The van der Waals surface area contributed by atoms with Crippen molar-refractivity contribution in [3.05, 3.63) is 24.3 Å². The number of benzene rings is 1. The zero-order valence-electron chi connectivity index (χ0n) is 13.9. The molecule has 1 fully saturated rings. The Hall–Kier alpha value is -1.84. The molecule has 0 saturated carbocycles. The number of hydrogen-bond donors (Lipinski definition) is 3. The number of sulfonamides is 1. The van der Waals surface area contributed by atoms with Crippen LogP contribution >= 0.6 is 0 Å². The normalized spacial score (nSPS) is 23.7. The lowest BCUT2D eigenvalue weighted by molar-refractivity contribution is -0.148. The Bertz CT molecular complexity index is 662. The minimum Gasteiger partial charge on any atom is -0.497 e. The van der Waals surface area contributed by atoms with E-state index in [2.05, 4.69) is 15.6 Å². The number of rotatable bonds is 7. The van der Waals surface area contributed by atoms with Crippen LogP contribution in [0.2, 0.25) is 0 Å². The number of hydrogen-bond acceptors (Lipinski definition) is 7. The van der Waals surface area contributed by atoms with Crippen molar-refractivity contribution in [1.82, 2.24) is 10.9 Å². The van der Waals surface area contributed by atoms with Gasteiger partial charge in [0.15, 0.2) is 5.37 Å². The van der Waals surface area contributed by atoms with Crippen molar-refractivity contribution in [3.8, 4) is 5.75 Å². The molecular weight excluding hydrogens is 334 g/mol. The van der Waals surface area contributed by atoms with E-state index in [4.69, 9.17) is 9.47 Å². The first kappa shape index (κ1) is 18.5. The Balaban J connectivity index is 2.20. The van der Waals surface area contributed by atoms with Crippen molar-refractivity contribution in [2.24, 2.45) is 5.92 Å². The first-order valence-electron chi connectivity index (χ1n) is 7.76. The van der Waals surface area contributed by atoms with E-state index in [-0.39, 0.29) is 12.6 Å². The predicted octanol–water partition coefficient (Wildman–Crippen LogP) is 0.829. The van der Waals surface area contributed by atoms with Gasteiger partial charge in [-0.3, -0.25) is 14.9 Å². The van der Waals surface area contributed by atoms with Crippen LogP contribution in [0.5, 0.6) is 5.75 Å². The highest BCUT2D eigenvalue weighted by atomic mass is 32.2. The van der Waals surface area contributed by atoms with Gasteiger partial charge in [0.1, 0.15) is 11.7 Å². The molecule has 1 aliphatic rings. The fourth-order valence-electron chi connectivity index (χ4n) is 2.62. The van der Waals surface area contributed by atoms with E-state index in [0.717, 1.165) is 0 Å². The third-order valence-corrected chi connectivity index (χ3v) is 5.45. The van der Waals surface area contributed by atoms with Gasteiger partial charge in [0.2, 0.25) is 0 Å². The average Bonchev–Trinajstić information content (AvgIpc) is 3.00. The van der Waals surface area contributed by atoms with Crippen LogP contribution in [-0.4, -0.2) is 39.5 Å². The Labute approximate surface area is 141 Å². The molecule has 1 heterocycles. The summed E-state index contributed by atoms with van der Waals surface area (Å²) in [5, 5.41) is -1.12. The lowest BCUT2D eigenvalue weighted by atomic mass is 10.00. The highest BCUT2D eigenvalue weighted by molar-refractivity contribution is 7.93. The summed E-state index contributed by atoms with van der Waals surface area (Å²) in [7, 11) is -2.32. The van der Waals surface area contributed by atoms with Crippen LogP contribution in [0.15, 0.2) is 24.3 Å². The predicted molar refractivity (Wildman–Crippen MR) is 89.8 cm³/mol. The van der Waals surface area contributed by atoms with Crippen molar-refractivity contribution in [2.75, 3.05) is 18.4 Å². The SMILES string of the molecule is CCOC(=O)C1C(CC)NNC1S(=O)(=O)Nc1ccc(OC)cc1. The van der Waals surface area contributed by atoms with E-state index in [0.29, 0.717) is 17.9 Å². The van der Waals surface area contributed by atoms with E-state index in [9.17, 15) is 13.2 Å². The fraction of sp³-hybridized carbons (Fsp3) is 0.533. The highest BCUT2D eigenvalue weighted by Crippen LogP contribution is 2.25. The number of methoxy groups -OCH3 is 1. The largest absolute Gasteiger partial charge is 0.497 e. The molecule has 1 aromatic carbocycles. The van der Waals surface area contributed by atoms with Crippen molar-refractivity contribution in [3.63, 3.8) is 0 Å². The molecule has 24 heavy (non-hydrogen) atoms. The van der Waals surface area contributed by atoms with Crippen LogP contribution in [-0.2, 0) is 19.6 Å². The molecule has 9 heteroatoms. The van der Waals surface area contributed by atoms with Gasteiger partial charge in [-0.25, -0.2) is 13.8 Å². The molecule has 2 rings (SSSR count). The van der Waals surface area contributed by atoms with Crippen molar-refractivity contribution >= 4 is 21.7 Å². The topological polar surface area (TPSA) is 106 Å². The number of carbonyl (C=O) groups is 1. The van der Waals surface area contributed by atoms with Crippen molar-refractivity contribution in [1.29, 1.82) is 0 Å². The molecule has 1 aromatic rings. The highest BCUT2D eigenvalue weighted by Gasteiger charge is 2.48. The Morgan fingerprint density at radius 1 is 1.21 bits per heavy atom. The molecule has 1 saturated heterocycles. The molecule has 0 bridgehead atoms. The second kappa shape index (κ2) is 7.82. The summed E-state index contributed by atoms with van der Waals surface area (Å²) in [4.78, 5) is 12.2. The Morgan fingerprint density at radius 3 is 2.42 bits per heavy atom. The zero-order valence-corrected chi connectivity index (χ0v) is 14.7. The molecule has 8 nitrogen and oxygen atoms in total. The molecule has 0 spiro atoms. The van der Waals surface area contributed by atoms with Crippen molar-refractivity contribution < 1.29 is 22.7 Å². The average molecular weight is 357 g/mol. The molecule has 0 aliphatic carbocycles. The van der Waals surface area contributed by atoms with E-state index < -0.39 is 27.3 Å². The van der Waals surface area contributed by atoms with Gasteiger partial charge >= 0.3 is 5.97 Å². The molecule has 0 aromatic heterocycles. The molecule has 3 atom stereocenters. The summed E-state index contributed by atoms with van der Waals surface area (Å²) >= 11 is 0. The van der Waals surface area contributed by atoms with Crippen LogP contribution in [0.25, 0.3) is 0 Å². The van der Waals surface area contributed by atoms with Crippen LogP contribution in [0, 0.1) is 5.92 Å². The monoisotopic (exact) mass is 357 g/mol. The van der Waals surface area contributed by atoms with Crippen LogP contribution in [0.1, 0.15) is 20.3 Å². The minimum atomic E-state index is -3.85. The molecule has 134 valence electrons. The summed E-state index contributed by atoms with van der Waals surface area (Å²) < 4.78 is 37.9. The van der Waals surface area contributed by atoms with Gasteiger partial charge in [0, 0.05) is 11.7 Å². The van der Waals surface area contributed by atoms with Gasteiger partial charge in [-0.1, -0.05) is 6.92 Å². The summed E-state index contributed by atoms with van der Waals surface area (Å²) in [6.45, 7) is 3.76. The third kappa shape index (κ3) is 3.97. The lowest BCUT2D eigenvalue weighted by Gasteiger charge is -2.21. The standard InChI is InChI=1S/C15H23N3O5S/c1-4-12-13(15(19)23-5-2)14(17-16-12)24(20,21)18-10-6-8-11(22-3)9-7-10/h6-9,12-14,16-18H,4-5H2,1-3H3. The maximum absolute atomic E-state index is 12.7. The maximum Gasteiger partial charge on any atom is 0.313 e. The number of nitrogens with one attached hydrogen (secondary N) is 3. The Morgan fingerprint density at radius 2 is 1.88 bits per heavy atom.